The van der Waals surface area contributed by atoms with Crippen LogP contribution in [0.15, 0.2) is 54.6 Å². The van der Waals surface area contributed by atoms with E-state index in [1.807, 2.05) is 6.07 Å². The Morgan fingerprint density at radius 1 is 0.833 bits per heavy atom. The van der Waals surface area contributed by atoms with Gasteiger partial charge >= 0.3 is 0 Å². The number of hydrogen-bond donors (Lipinski definition) is 2. The van der Waals surface area contributed by atoms with E-state index in [0.29, 0.717) is 43.0 Å². The van der Waals surface area contributed by atoms with Crippen molar-refractivity contribution in [2.75, 3.05) is 38.0 Å². The quantitative estimate of drug-likeness (QED) is 0.780. The van der Waals surface area contributed by atoms with Gasteiger partial charge in [0, 0.05) is 49.9 Å². The molecule has 3 rings (SSSR count). The van der Waals surface area contributed by atoms with Crippen LogP contribution in [0.3, 0.4) is 0 Å². The molecule has 4 amide bonds. The molecule has 2 aromatic rings. The highest BCUT2D eigenvalue weighted by Crippen LogP contribution is 2.14. The molecule has 8 nitrogen and oxygen atoms in total. The minimum absolute atomic E-state index is 0.0829. The SMILES string of the molecule is CC(=O)Nc1cccc(C(=O)N2CCN(C(=O)CNC(=O)c3ccccc3)CC2)c1. The van der Waals surface area contributed by atoms with Crippen molar-refractivity contribution in [2.45, 2.75) is 6.92 Å². The summed E-state index contributed by atoms with van der Waals surface area (Å²) in [5.41, 5.74) is 1.55. The molecule has 0 radical (unpaired) electrons. The molecule has 2 aromatic carbocycles. The molecule has 1 heterocycles. The van der Waals surface area contributed by atoms with Crippen LogP contribution in [0.2, 0.25) is 0 Å². The average Bonchev–Trinajstić information content (AvgIpc) is 2.77. The molecule has 0 aromatic heterocycles. The lowest BCUT2D eigenvalue weighted by Crippen LogP contribution is -2.52. The van der Waals surface area contributed by atoms with Gasteiger partial charge in [-0.1, -0.05) is 24.3 Å². The topological polar surface area (TPSA) is 98.8 Å². The van der Waals surface area contributed by atoms with Crippen LogP contribution < -0.4 is 10.6 Å². The van der Waals surface area contributed by atoms with Crippen molar-refractivity contribution in [3.8, 4) is 0 Å². The van der Waals surface area contributed by atoms with Gasteiger partial charge in [-0.3, -0.25) is 19.2 Å². The second-order valence-electron chi connectivity index (χ2n) is 6.98. The van der Waals surface area contributed by atoms with E-state index in [4.69, 9.17) is 0 Å². The number of amides is 4. The first-order chi connectivity index (χ1) is 14.4. The Balaban J connectivity index is 1.49. The Morgan fingerprint density at radius 2 is 1.47 bits per heavy atom. The molecule has 0 aliphatic carbocycles. The van der Waals surface area contributed by atoms with Gasteiger partial charge in [-0.25, -0.2) is 0 Å². The van der Waals surface area contributed by atoms with Crippen molar-refractivity contribution in [3.05, 3.63) is 65.7 Å². The van der Waals surface area contributed by atoms with Gasteiger partial charge in [-0.05, 0) is 30.3 Å². The third-order valence-electron chi connectivity index (χ3n) is 4.79. The minimum atomic E-state index is -0.295. The van der Waals surface area contributed by atoms with Gasteiger partial charge in [-0.2, -0.15) is 0 Å². The minimum Gasteiger partial charge on any atom is -0.343 e. The molecular weight excluding hydrogens is 384 g/mol. The molecule has 0 atom stereocenters. The molecule has 1 fully saturated rings. The summed E-state index contributed by atoms with van der Waals surface area (Å²) in [4.78, 5) is 51.7. The summed E-state index contributed by atoms with van der Waals surface area (Å²) in [6, 6.07) is 15.5. The molecule has 0 unspecified atom stereocenters. The molecule has 2 N–H and O–H groups in total. The van der Waals surface area contributed by atoms with E-state index in [1.54, 1.807) is 58.3 Å². The lowest BCUT2D eigenvalue weighted by Gasteiger charge is -2.35. The molecule has 8 heteroatoms. The molecule has 156 valence electrons. The highest BCUT2D eigenvalue weighted by atomic mass is 16.2. The molecule has 30 heavy (non-hydrogen) atoms. The fourth-order valence-electron chi connectivity index (χ4n) is 3.23. The van der Waals surface area contributed by atoms with Gasteiger partial charge < -0.3 is 20.4 Å². The van der Waals surface area contributed by atoms with Crippen molar-refractivity contribution in [1.82, 2.24) is 15.1 Å². The summed E-state index contributed by atoms with van der Waals surface area (Å²) in [6.45, 7) is 2.94. The summed E-state index contributed by atoms with van der Waals surface area (Å²) in [6.07, 6.45) is 0. The maximum Gasteiger partial charge on any atom is 0.254 e. The summed E-state index contributed by atoms with van der Waals surface area (Å²) < 4.78 is 0. The molecular formula is C22H24N4O4. The fourth-order valence-corrected chi connectivity index (χ4v) is 3.23. The first-order valence-corrected chi connectivity index (χ1v) is 9.72. The Morgan fingerprint density at radius 3 is 2.13 bits per heavy atom. The van der Waals surface area contributed by atoms with E-state index in [9.17, 15) is 19.2 Å². The third-order valence-corrected chi connectivity index (χ3v) is 4.79. The maximum atomic E-state index is 12.7. The Bertz CT molecular complexity index is 937. The number of piperazine rings is 1. The van der Waals surface area contributed by atoms with Crippen LogP contribution in [-0.4, -0.2) is 66.2 Å². The van der Waals surface area contributed by atoms with E-state index in [1.165, 1.54) is 6.92 Å². The van der Waals surface area contributed by atoms with E-state index in [2.05, 4.69) is 10.6 Å². The van der Waals surface area contributed by atoms with Crippen molar-refractivity contribution in [2.24, 2.45) is 0 Å². The standard InChI is InChI=1S/C22H24N4O4/c1-16(27)24-19-9-5-8-18(14-19)22(30)26-12-10-25(11-13-26)20(28)15-23-21(29)17-6-3-2-4-7-17/h2-9,14H,10-13,15H2,1H3,(H,23,29)(H,24,27). The number of nitrogens with zero attached hydrogens (tertiary/aromatic N) is 2. The average molecular weight is 408 g/mol. The van der Waals surface area contributed by atoms with Gasteiger partial charge in [0.15, 0.2) is 0 Å². The van der Waals surface area contributed by atoms with Gasteiger partial charge in [0.25, 0.3) is 11.8 Å². The first-order valence-electron chi connectivity index (χ1n) is 9.72. The number of anilines is 1. The second kappa shape index (κ2) is 9.69. The van der Waals surface area contributed by atoms with Gasteiger partial charge in [-0.15, -0.1) is 0 Å². The molecule has 1 saturated heterocycles. The van der Waals surface area contributed by atoms with Gasteiger partial charge in [0.1, 0.15) is 0 Å². The summed E-state index contributed by atoms with van der Waals surface area (Å²) in [7, 11) is 0. The van der Waals surface area contributed by atoms with Gasteiger partial charge in [0.05, 0.1) is 6.54 Å². The number of nitrogens with one attached hydrogen (secondary N) is 2. The summed E-state index contributed by atoms with van der Waals surface area (Å²) in [5.74, 6) is -0.825. The molecule has 0 spiro atoms. The lowest BCUT2D eigenvalue weighted by molar-refractivity contribution is -0.131. The Hall–Kier alpha value is -3.68. The van der Waals surface area contributed by atoms with Crippen LogP contribution in [-0.2, 0) is 9.59 Å². The van der Waals surface area contributed by atoms with Crippen molar-refractivity contribution in [3.63, 3.8) is 0 Å². The monoisotopic (exact) mass is 408 g/mol. The predicted molar refractivity (Wildman–Crippen MR) is 112 cm³/mol. The van der Waals surface area contributed by atoms with Crippen molar-refractivity contribution >= 4 is 29.3 Å². The van der Waals surface area contributed by atoms with Crippen LogP contribution >= 0.6 is 0 Å². The molecule has 0 saturated carbocycles. The number of rotatable bonds is 5. The zero-order chi connectivity index (χ0) is 21.5. The summed E-state index contributed by atoms with van der Waals surface area (Å²) >= 11 is 0. The molecule has 0 bridgehead atoms. The fraction of sp³-hybridized carbons (Fsp3) is 0.273. The van der Waals surface area contributed by atoms with Crippen LogP contribution in [0, 0.1) is 0 Å². The number of benzene rings is 2. The van der Waals surface area contributed by atoms with E-state index in [-0.39, 0.29) is 30.2 Å². The van der Waals surface area contributed by atoms with Crippen LogP contribution in [0.5, 0.6) is 0 Å². The van der Waals surface area contributed by atoms with Gasteiger partial charge in [0.2, 0.25) is 11.8 Å². The van der Waals surface area contributed by atoms with E-state index >= 15 is 0 Å². The molecule has 1 aliphatic heterocycles. The van der Waals surface area contributed by atoms with Crippen LogP contribution in [0.4, 0.5) is 5.69 Å². The lowest BCUT2D eigenvalue weighted by atomic mass is 10.1. The van der Waals surface area contributed by atoms with E-state index < -0.39 is 0 Å². The maximum absolute atomic E-state index is 12.7. The Labute approximate surface area is 174 Å². The smallest absolute Gasteiger partial charge is 0.254 e. The normalized spacial score (nSPS) is 13.5. The number of carbonyl (C=O) groups excluding carboxylic acids is 4. The second-order valence-corrected chi connectivity index (χ2v) is 6.98. The molecule has 1 aliphatic rings. The zero-order valence-corrected chi connectivity index (χ0v) is 16.8. The first kappa shape index (κ1) is 21.0. The zero-order valence-electron chi connectivity index (χ0n) is 16.8. The largest absolute Gasteiger partial charge is 0.343 e. The van der Waals surface area contributed by atoms with Crippen molar-refractivity contribution < 1.29 is 19.2 Å². The third kappa shape index (κ3) is 5.44. The highest BCUT2D eigenvalue weighted by molar-refractivity contribution is 5.97. The van der Waals surface area contributed by atoms with E-state index in [0.717, 1.165) is 0 Å². The summed E-state index contributed by atoms with van der Waals surface area (Å²) in [5, 5.41) is 5.30. The number of carbonyl (C=O) groups is 4. The van der Waals surface area contributed by atoms with Crippen molar-refractivity contribution in [1.29, 1.82) is 0 Å². The predicted octanol–water partition coefficient (Wildman–Crippen LogP) is 1.36. The highest BCUT2D eigenvalue weighted by Gasteiger charge is 2.25. The Kier molecular flexibility index (Phi) is 6.79. The van der Waals surface area contributed by atoms with Crippen LogP contribution in [0.25, 0.3) is 0 Å². The number of hydrogen-bond acceptors (Lipinski definition) is 4. The van der Waals surface area contributed by atoms with Crippen LogP contribution in [0.1, 0.15) is 27.6 Å².